The molecule has 4 aromatic rings. The Morgan fingerprint density at radius 2 is 1.92 bits per heavy atom. The van der Waals surface area contributed by atoms with Crippen LogP contribution in [0.2, 0.25) is 0 Å². The van der Waals surface area contributed by atoms with Gasteiger partial charge < -0.3 is 4.42 Å². The van der Waals surface area contributed by atoms with Crippen molar-refractivity contribution in [1.82, 2.24) is 4.98 Å². The number of nitrogens with zero attached hydrogens (tertiary/aromatic N) is 2. The normalized spacial score (nSPS) is 15.1. The second-order valence-corrected chi connectivity index (χ2v) is 6.75. The van der Waals surface area contributed by atoms with E-state index in [2.05, 4.69) is 41.6 Å². The monoisotopic (exact) mass is 334 g/mol. The summed E-state index contributed by atoms with van der Waals surface area (Å²) in [6, 6.07) is 12.1. The van der Waals surface area contributed by atoms with Crippen LogP contribution in [-0.2, 0) is 7.05 Å². The van der Waals surface area contributed by atoms with Crippen molar-refractivity contribution in [2.45, 2.75) is 33.5 Å². The second kappa shape index (κ2) is 5.69. The molecule has 0 aliphatic heterocycles. The Morgan fingerprint density at radius 3 is 2.72 bits per heavy atom. The summed E-state index contributed by atoms with van der Waals surface area (Å²) in [6.07, 6.45) is 2.04. The van der Waals surface area contributed by atoms with Crippen molar-refractivity contribution in [3.05, 3.63) is 59.4 Å². The molecule has 4 rings (SSSR count). The molecule has 0 amide bonds. The lowest BCUT2D eigenvalue weighted by atomic mass is 10.00. The fraction of sp³-hybridized carbons (Fsp3) is 0.273. The van der Waals surface area contributed by atoms with Crippen LogP contribution in [0.4, 0.5) is 0 Å². The first-order valence-electron chi connectivity index (χ1n) is 9.96. The van der Waals surface area contributed by atoms with Gasteiger partial charge in [-0.15, -0.1) is 0 Å². The van der Waals surface area contributed by atoms with Gasteiger partial charge in [0, 0.05) is 32.7 Å². The molecule has 0 bridgehead atoms. The molecule has 0 aliphatic carbocycles. The molecule has 3 aromatic heterocycles. The van der Waals surface area contributed by atoms with Gasteiger partial charge in [-0.05, 0) is 43.0 Å². The van der Waals surface area contributed by atoms with Gasteiger partial charge in [-0.2, -0.15) is 0 Å². The van der Waals surface area contributed by atoms with E-state index in [1.165, 1.54) is 5.56 Å². The predicted molar refractivity (Wildman–Crippen MR) is 102 cm³/mol. The third-order valence-corrected chi connectivity index (χ3v) is 4.74. The van der Waals surface area contributed by atoms with E-state index >= 15 is 0 Å². The summed E-state index contributed by atoms with van der Waals surface area (Å²) < 4.78 is 31.3. The van der Waals surface area contributed by atoms with Crippen molar-refractivity contribution >= 4 is 22.1 Å². The molecule has 3 nitrogen and oxygen atoms in total. The first-order chi connectivity index (χ1) is 13.2. The van der Waals surface area contributed by atoms with E-state index in [0.29, 0.717) is 11.4 Å². The van der Waals surface area contributed by atoms with Crippen molar-refractivity contribution < 1.29 is 13.1 Å². The quantitative estimate of drug-likeness (QED) is 0.471. The van der Waals surface area contributed by atoms with Gasteiger partial charge in [0.25, 0.3) is 0 Å². The Hall–Kier alpha value is -2.68. The molecule has 3 heterocycles. The Labute approximate surface area is 152 Å². The maximum atomic E-state index is 7.67. The Morgan fingerprint density at radius 1 is 1.12 bits per heavy atom. The molecule has 0 N–H and O–H groups in total. The number of hydrogen-bond donors (Lipinski definition) is 0. The first kappa shape index (κ1) is 12.6. The van der Waals surface area contributed by atoms with Crippen molar-refractivity contribution in [1.29, 1.82) is 0 Å². The molecule has 0 saturated heterocycles. The molecule has 126 valence electrons. The highest BCUT2D eigenvalue weighted by molar-refractivity contribution is 6.08. The summed E-state index contributed by atoms with van der Waals surface area (Å²) in [5.41, 5.74) is 6.17. The zero-order valence-corrected chi connectivity index (χ0v) is 14.9. The van der Waals surface area contributed by atoms with Crippen LogP contribution in [0.1, 0.15) is 40.6 Å². The molecule has 0 fully saturated rings. The summed E-state index contributed by atoms with van der Waals surface area (Å²) in [6.45, 7) is 3.72. The Balaban J connectivity index is 2.00. The summed E-state index contributed by atoms with van der Waals surface area (Å²) in [5, 5.41) is 1.88. The molecule has 0 saturated carbocycles. The van der Waals surface area contributed by atoms with E-state index in [0.717, 1.165) is 33.2 Å². The SMILES string of the molecule is [2H]C([2H])([2H])C(C)c1ccc2c(n1)oc1c(-c3cc(C)cc[n+]3C)c(C)ccc12. The van der Waals surface area contributed by atoms with Crippen molar-refractivity contribution in [2.24, 2.45) is 7.05 Å². The van der Waals surface area contributed by atoms with Crippen LogP contribution in [0, 0.1) is 13.8 Å². The predicted octanol–water partition coefficient (Wildman–Crippen LogP) is 5.21. The minimum atomic E-state index is -2.09. The van der Waals surface area contributed by atoms with Crippen LogP contribution in [0.5, 0.6) is 0 Å². The lowest BCUT2D eigenvalue weighted by molar-refractivity contribution is -0.660. The molecular formula is C22H23N2O+. The van der Waals surface area contributed by atoms with Gasteiger partial charge in [-0.3, -0.25) is 0 Å². The maximum Gasteiger partial charge on any atom is 0.227 e. The lowest BCUT2D eigenvalue weighted by Gasteiger charge is -2.06. The average Bonchev–Trinajstić information content (AvgIpc) is 3.00. The topological polar surface area (TPSA) is 29.9 Å². The molecular weight excluding hydrogens is 308 g/mol. The van der Waals surface area contributed by atoms with E-state index in [-0.39, 0.29) is 0 Å². The maximum absolute atomic E-state index is 7.67. The minimum Gasteiger partial charge on any atom is -0.437 e. The number of fused-ring (bicyclic) bond motifs is 3. The van der Waals surface area contributed by atoms with Crippen molar-refractivity contribution in [3.63, 3.8) is 0 Å². The highest BCUT2D eigenvalue weighted by atomic mass is 16.3. The van der Waals surface area contributed by atoms with Crippen LogP contribution in [-0.4, -0.2) is 4.98 Å². The zero-order valence-electron chi connectivity index (χ0n) is 17.9. The highest BCUT2D eigenvalue weighted by Gasteiger charge is 2.21. The van der Waals surface area contributed by atoms with Crippen molar-refractivity contribution in [3.8, 4) is 11.3 Å². The fourth-order valence-corrected chi connectivity index (χ4v) is 3.32. The summed E-state index contributed by atoms with van der Waals surface area (Å²) >= 11 is 0. The van der Waals surface area contributed by atoms with Gasteiger partial charge in [0.1, 0.15) is 7.05 Å². The van der Waals surface area contributed by atoms with Crippen LogP contribution < -0.4 is 4.57 Å². The number of benzene rings is 1. The number of aryl methyl sites for hydroxylation is 3. The first-order valence-corrected chi connectivity index (χ1v) is 8.46. The van der Waals surface area contributed by atoms with Crippen LogP contribution in [0.3, 0.4) is 0 Å². The molecule has 25 heavy (non-hydrogen) atoms. The standard InChI is InChI=1S/C22H23N2O/c1-13(2)18-9-8-17-16-7-6-15(4)20(21(16)25-22(17)23-18)19-12-14(3)10-11-24(19)5/h6-13H,1-5H3/q+1/i1D3. The lowest BCUT2D eigenvalue weighted by Crippen LogP contribution is -2.30. The van der Waals surface area contributed by atoms with Crippen LogP contribution >= 0.6 is 0 Å². The van der Waals surface area contributed by atoms with Gasteiger partial charge in [0.05, 0.1) is 5.56 Å². The molecule has 1 atom stereocenters. The number of aromatic nitrogens is 2. The van der Waals surface area contributed by atoms with Gasteiger partial charge >= 0.3 is 0 Å². The molecule has 0 radical (unpaired) electrons. The van der Waals surface area contributed by atoms with E-state index in [1.54, 1.807) is 13.0 Å². The van der Waals surface area contributed by atoms with Gasteiger partial charge in [0.15, 0.2) is 11.8 Å². The van der Waals surface area contributed by atoms with Gasteiger partial charge in [-0.1, -0.05) is 25.9 Å². The zero-order chi connectivity index (χ0) is 20.2. The van der Waals surface area contributed by atoms with Gasteiger partial charge in [-0.25, -0.2) is 9.55 Å². The van der Waals surface area contributed by atoms with Gasteiger partial charge in [0.2, 0.25) is 11.4 Å². The van der Waals surface area contributed by atoms with Crippen molar-refractivity contribution in [2.75, 3.05) is 0 Å². The Kier molecular flexibility index (Phi) is 2.88. The number of pyridine rings is 2. The van der Waals surface area contributed by atoms with E-state index < -0.39 is 12.8 Å². The molecule has 0 spiro atoms. The minimum absolute atomic E-state index is 0.478. The van der Waals surface area contributed by atoms with E-state index in [9.17, 15) is 0 Å². The number of rotatable bonds is 2. The molecule has 1 aromatic carbocycles. The third-order valence-electron chi connectivity index (χ3n) is 4.74. The summed E-state index contributed by atoms with van der Waals surface area (Å²) in [4.78, 5) is 4.55. The molecule has 3 heteroatoms. The number of hydrogen-bond acceptors (Lipinski definition) is 2. The molecule has 1 unspecified atom stereocenters. The largest absolute Gasteiger partial charge is 0.437 e. The Bertz CT molecular complexity index is 1210. The molecule has 0 aliphatic rings. The smallest absolute Gasteiger partial charge is 0.227 e. The third kappa shape index (κ3) is 2.51. The average molecular weight is 334 g/mol. The highest BCUT2D eigenvalue weighted by Crippen LogP contribution is 2.36. The van der Waals surface area contributed by atoms with Crippen LogP contribution in [0.25, 0.3) is 33.3 Å². The summed E-state index contributed by atoms with van der Waals surface area (Å²) in [7, 11) is 2.02. The summed E-state index contributed by atoms with van der Waals surface area (Å²) in [5.74, 6) is -0.652. The second-order valence-electron chi connectivity index (χ2n) is 6.75. The number of furan rings is 1. The van der Waals surface area contributed by atoms with Crippen LogP contribution in [0.15, 0.2) is 47.0 Å². The van der Waals surface area contributed by atoms with E-state index in [1.807, 2.05) is 25.4 Å². The van der Waals surface area contributed by atoms with E-state index in [4.69, 9.17) is 8.53 Å². The fourth-order valence-electron chi connectivity index (χ4n) is 3.32.